The van der Waals surface area contributed by atoms with Crippen LogP contribution in [0.4, 0.5) is 0 Å². The molecule has 20 heavy (non-hydrogen) atoms. The van der Waals surface area contributed by atoms with Gasteiger partial charge in [-0.05, 0) is 80.6 Å². The van der Waals surface area contributed by atoms with Gasteiger partial charge in [-0.15, -0.1) is 0 Å². The summed E-state index contributed by atoms with van der Waals surface area (Å²) in [7, 11) is 1.60. The first-order valence-electron chi connectivity index (χ1n) is 5.98. The van der Waals surface area contributed by atoms with Crippen LogP contribution in [-0.2, 0) is 13.2 Å². The van der Waals surface area contributed by atoms with Crippen LogP contribution in [0.1, 0.15) is 11.1 Å². The molecule has 0 spiro atoms. The van der Waals surface area contributed by atoms with Gasteiger partial charge in [-0.25, -0.2) is 0 Å². The van der Waals surface area contributed by atoms with Gasteiger partial charge < -0.3 is 14.6 Å². The summed E-state index contributed by atoms with van der Waals surface area (Å²) in [5.41, 5.74) is 1.92. The molecular formula is C15H14I2O3. The van der Waals surface area contributed by atoms with Crippen LogP contribution < -0.4 is 9.47 Å². The molecule has 0 aliphatic carbocycles. The normalized spacial score (nSPS) is 10.4. The van der Waals surface area contributed by atoms with Crippen molar-refractivity contribution < 1.29 is 14.6 Å². The minimum absolute atomic E-state index is 0.0102. The van der Waals surface area contributed by atoms with Crippen LogP contribution in [0.15, 0.2) is 36.4 Å². The van der Waals surface area contributed by atoms with E-state index in [0.29, 0.717) is 18.1 Å². The number of hydrogen-bond donors (Lipinski definition) is 1. The van der Waals surface area contributed by atoms with E-state index in [1.54, 1.807) is 13.2 Å². The number of benzene rings is 2. The molecule has 0 aromatic heterocycles. The molecule has 0 saturated heterocycles. The molecule has 2 aromatic carbocycles. The SMILES string of the molecule is COc1cc(CO)cc(I)c1OCc1ccc(I)cc1. The van der Waals surface area contributed by atoms with Crippen molar-refractivity contribution in [2.24, 2.45) is 0 Å². The van der Waals surface area contributed by atoms with Crippen molar-refractivity contribution in [3.8, 4) is 11.5 Å². The minimum Gasteiger partial charge on any atom is -0.493 e. The van der Waals surface area contributed by atoms with Gasteiger partial charge in [0.2, 0.25) is 0 Å². The van der Waals surface area contributed by atoms with Crippen molar-refractivity contribution in [2.45, 2.75) is 13.2 Å². The molecule has 5 heteroatoms. The first-order valence-corrected chi connectivity index (χ1v) is 8.14. The van der Waals surface area contributed by atoms with E-state index in [1.165, 1.54) is 3.57 Å². The van der Waals surface area contributed by atoms with Crippen LogP contribution in [0.2, 0.25) is 0 Å². The lowest BCUT2D eigenvalue weighted by Gasteiger charge is -2.14. The maximum atomic E-state index is 9.21. The quantitative estimate of drug-likeness (QED) is 0.638. The molecule has 0 aliphatic heterocycles. The molecule has 0 saturated carbocycles. The third-order valence-electron chi connectivity index (χ3n) is 2.77. The Bertz CT molecular complexity index is 582. The van der Waals surface area contributed by atoms with E-state index in [2.05, 4.69) is 57.3 Å². The van der Waals surface area contributed by atoms with E-state index in [4.69, 9.17) is 9.47 Å². The van der Waals surface area contributed by atoms with Crippen molar-refractivity contribution in [1.29, 1.82) is 0 Å². The first kappa shape index (κ1) is 15.8. The number of aliphatic hydroxyl groups is 1. The zero-order valence-electron chi connectivity index (χ0n) is 10.9. The first-order chi connectivity index (χ1) is 9.63. The van der Waals surface area contributed by atoms with Gasteiger partial charge in [-0.1, -0.05) is 12.1 Å². The van der Waals surface area contributed by atoms with E-state index < -0.39 is 0 Å². The number of aliphatic hydroxyl groups excluding tert-OH is 1. The number of hydrogen-bond acceptors (Lipinski definition) is 3. The molecule has 0 heterocycles. The van der Waals surface area contributed by atoms with Gasteiger partial charge >= 0.3 is 0 Å². The molecule has 0 unspecified atom stereocenters. The Morgan fingerprint density at radius 2 is 1.75 bits per heavy atom. The van der Waals surface area contributed by atoms with Gasteiger partial charge in [-0.2, -0.15) is 0 Å². The van der Waals surface area contributed by atoms with E-state index in [-0.39, 0.29) is 6.61 Å². The van der Waals surface area contributed by atoms with E-state index in [0.717, 1.165) is 14.7 Å². The zero-order chi connectivity index (χ0) is 14.5. The average molecular weight is 496 g/mol. The highest BCUT2D eigenvalue weighted by atomic mass is 127. The molecule has 0 fully saturated rings. The Balaban J connectivity index is 2.18. The summed E-state index contributed by atoms with van der Waals surface area (Å²) in [6, 6.07) is 11.9. The largest absolute Gasteiger partial charge is 0.493 e. The van der Waals surface area contributed by atoms with Crippen molar-refractivity contribution in [1.82, 2.24) is 0 Å². The molecule has 2 rings (SSSR count). The van der Waals surface area contributed by atoms with Crippen molar-refractivity contribution >= 4 is 45.2 Å². The molecule has 3 nitrogen and oxygen atoms in total. The Morgan fingerprint density at radius 3 is 2.35 bits per heavy atom. The fraction of sp³-hybridized carbons (Fsp3) is 0.200. The summed E-state index contributed by atoms with van der Waals surface area (Å²) in [6.45, 7) is 0.478. The van der Waals surface area contributed by atoms with Crippen LogP contribution in [0, 0.1) is 7.14 Å². The molecule has 0 amide bonds. The number of methoxy groups -OCH3 is 1. The maximum absolute atomic E-state index is 9.21. The summed E-state index contributed by atoms with van der Waals surface area (Å²) < 4.78 is 13.3. The smallest absolute Gasteiger partial charge is 0.174 e. The Morgan fingerprint density at radius 1 is 1.05 bits per heavy atom. The van der Waals surface area contributed by atoms with Crippen LogP contribution >= 0.6 is 45.2 Å². The van der Waals surface area contributed by atoms with E-state index in [9.17, 15) is 5.11 Å². The van der Waals surface area contributed by atoms with Gasteiger partial charge in [0.25, 0.3) is 0 Å². The third kappa shape index (κ3) is 3.98. The molecule has 106 valence electrons. The van der Waals surface area contributed by atoms with Crippen molar-refractivity contribution in [3.05, 3.63) is 54.7 Å². The lowest BCUT2D eigenvalue weighted by Crippen LogP contribution is -2.01. The van der Waals surface area contributed by atoms with Crippen LogP contribution in [0.3, 0.4) is 0 Å². The highest BCUT2D eigenvalue weighted by molar-refractivity contribution is 14.1. The molecule has 0 atom stereocenters. The fourth-order valence-corrected chi connectivity index (χ4v) is 2.92. The monoisotopic (exact) mass is 496 g/mol. The minimum atomic E-state index is -0.0102. The van der Waals surface area contributed by atoms with Crippen molar-refractivity contribution in [2.75, 3.05) is 7.11 Å². The zero-order valence-corrected chi connectivity index (χ0v) is 15.2. The highest BCUT2D eigenvalue weighted by Crippen LogP contribution is 2.34. The molecule has 2 aromatic rings. The average Bonchev–Trinajstić information content (AvgIpc) is 2.47. The predicted molar refractivity (Wildman–Crippen MR) is 95.1 cm³/mol. The predicted octanol–water partition coefficient (Wildman–Crippen LogP) is 3.98. The van der Waals surface area contributed by atoms with Gasteiger partial charge in [0.1, 0.15) is 6.61 Å². The Kier molecular flexibility index (Phi) is 5.91. The van der Waals surface area contributed by atoms with Crippen LogP contribution in [0.25, 0.3) is 0 Å². The van der Waals surface area contributed by atoms with Crippen molar-refractivity contribution in [3.63, 3.8) is 0 Å². The van der Waals surface area contributed by atoms with Crippen LogP contribution in [-0.4, -0.2) is 12.2 Å². The molecular weight excluding hydrogens is 482 g/mol. The summed E-state index contributed by atoms with van der Waals surface area (Å²) in [4.78, 5) is 0. The van der Waals surface area contributed by atoms with Crippen LogP contribution in [0.5, 0.6) is 11.5 Å². The van der Waals surface area contributed by atoms with Gasteiger partial charge in [0, 0.05) is 3.57 Å². The second-order valence-corrected chi connectivity index (χ2v) is 6.59. The number of rotatable bonds is 5. The second-order valence-electron chi connectivity index (χ2n) is 4.18. The topological polar surface area (TPSA) is 38.7 Å². The molecule has 0 bridgehead atoms. The molecule has 0 aliphatic rings. The third-order valence-corrected chi connectivity index (χ3v) is 4.29. The summed E-state index contributed by atoms with van der Waals surface area (Å²) in [6.07, 6.45) is 0. The number of halogens is 2. The van der Waals surface area contributed by atoms with E-state index >= 15 is 0 Å². The van der Waals surface area contributed by atoms with Gasteiger partial charge in [0.15, 0.2) is 11.5 Å². The van der Waals surface area contributed by atoms with Gasteiger partial charge in [0.05, 0.1) is 17.3 Å². The maximum Gasteiger partial charge on any atom is 0.174 e. The lowest BCUT2D eigenvalue weighted by molar-refractivity contribution is 0.273. The summed E-state index contributed by atoms with van der Waals surface area (Å²) >= 11 is 4.46. The van der Waals surface area contributed by atoms with E-state index in [1.807, 2.05) is 18.2 Å². The molecule has 1 N–H and O–H groups in total. The fourth-order valence-electron chi connectivity index (χ4n) is 1.74. The standard InChI is InChI=1S/C15H14I2O3/c1-19-14-7-11(8-18)6-13(17)15(14)20-9-10-2-4-12(16)5-3-10/h2-7,18H,8-9H2,1H3. The lowest BCUT2D eigenvalue weighted by atomic mass is 10.2. The highest BCUT2D eigenvalue weighted by Gasteiger charge is 2.11. The van der Waals surface area contributed by atoms with Gasteiger partial charge in [-0.3, -0.25) is 0 Å². The Hall–Kier alpha value is -0.540. The summed E-state index contributed by atoms with van der Waals surface area (Å²) in [5, 5.41) is 9.21. The second kappa shape index (κ2) is 7.46. The summed E-state index contributed by atoms with van der Waals surface area (Å²) in [5.74, 6) is 1.36. The number of ether oxygens (including phenoxy) is 2. The Labute approximate surface area is 145 Å². The molecule has 0 radical (unpaired) electrons.